The first-order chi connectivity index (χ1) is 11.1. The standard InChI is InChI=1S/C20H19NO2/c1-14-10-12-17(13-11-14)21-20(22)15(2)23-19-9-5-7-16-6-3-4-8-18(16)19/h3-13,15H,1-2H3,(H,21,22). The van der Waals surface area contributed by atoms with Gasteiger partial charge in [-0.05, 0) is 37.4 Å². The van der Waals surface area contributed by atoms with Gasteiger partial charge in [-0.15, -0.1) is 0 Å². The Labute approximate surface area is 135 Å². The molecule has 0 spiro atoms. The van der Waals surface area contributed by atoms with Gasteiger partial charge < -0.3 is 10.1 Å². The number of aryl methyl sites for hydroxylation is 1. The van der Waals surface area contributed by atoms with E-state index in [0.717, 1.165) is 27.8 Å². The predicted molar refractivity (Wildman–Crippen MR) is 93.8 cm³/mol. The molecule has 1 atom stereocenters. The molecule has 3 aromatic rings. The molecular formula is C20H19NO2. The number of carbonyl (C=O) groups excluding carboxylic acids is 1. The van der Waals surface area contributed by atoms with Crippen molar-refractivity contribution in [2.24, 2.45) is 0 Å². The minimum atomic E-state index is -0.581. The van der Waals surface area contributed by atoms with E-state index in [2.05, 4.69) is 5.32 Å². The lowest BCUT2D eigenvalue weighted by Crippen LogP contribution is -2.30. The highest BCUT2D eigenvalue weighted by atomic mass is 16.5. The second-order valence-electron chi connectivity index (χ2n) is 5.59. The van der Waals surface area contributed by atoms with Crippen molar-refractivity contribution in [1.29, 1.82) is 0 Å². The van der Waals surface area contributed by atoms with Gasteiger partial charge in [0.1, 0.15) is 5.75 Å². The van der Waals surface area contributed by atoms with E-state index in [4.69, 9.17) is 4.74 Å². The zero-order valence-electron chi connectivity index (χ0n) is 13.2. The highest BCUT2D eigenvalue weighted by Gasteiger charge is 2.16. The van der Waals surface area contributed by atoms with E-state index in [0.29, 0.717) is 0 Å². The Hall–Kier alpha value is -2.81. The molecule has 0 fully saturated rings. The molecule has 0 saturated heterocycles. The van der Waals surface area contributed by atoms with Crippen LogP contribution in [0.2, 0.25) is 0 Å². The fourth-order valence-corrected chi connectivity index (χ4v) is 2.42. The van der Waals surface area contributed by atoms with Crippen molar-refractivity contribution in [3.63, 3.8) is 0 Å². The molecule has 0 heterocycles. The Balaban J connectivity index is 1.73. The van der Waals surface area contributed by atoms with Gasteiger partial charge in [0.15, 0.2) is 6.10 Å². The summed E-state index contributed by atoms with van der Waals surface area (Å²) >= 11 is 0. The first kappa shape index (κ1) is 15.1. The van der Waals surface area contributed by atoms with Crippen LogP contribution in [0.5, 0.6) is 5.75 Å². The topological polar surface area (TPSA) is 38.3 Å². The van der Waals surface area contributed by atoms with Crippen molar-refractivity contribution in [1.82, 2.24) is 0 Å². The van der Waals surface area contributed by atoms with Crippen molar-refractivity contribution < 1.29 is 9.53 Å². The Bertz CT molecular complexity index is 819. The third-order valence-corrected chi connectivity index (χ3v) is 3.74. The van der Waals surface area contributed by atoms with Crippen LogP contribution in [0.4, 0.5) is 5.69 Å². The Morgan fingerprint density at radius 3 is 2.43 bits per heavy atom. The van der Waals surface area contributed by atoms with Gasteiger partial charge in [0.05, 0.1) is 0 Å². The van der Waals surface area contributed by atoms with Gasteiger partial charge in [-0.2, -0.15) is 0 Å². The van der Waals surface area contributed by atoms with Gasteiger partial charge in [0.25, 0.3) is 5.91 Å². The van der Waals surface area contributed by atoms with E-state index < -0.39 is 6.10 Å². The smallest absolute Gasteiger partial charge is 0.265 e. The Kier molecular flexibility index (Phi) is 4.29. The summed E-state index contributed by atoms with van der Waals surface area (Å²) in [6.45, 7) is 3.77. The molecule has 3 aromatic carbocycles. The second-order valence-corrected chi connectivity index (χ2v) is 5.59. The zero-order valence-corrected chi connectivity index (χ0v) is 13.2. The minimum absolute atomic E-state index is 0.165. The predicted octanol–water partition coefficient (Wildman–Crippen LogP) is 4.55. The summed E-state index contributed by atoms with van der Waals surface area (Å²) < 4.78 is 5.87. The lowest BCUT2D eigenvalue weighted by Gasteiger charge is -2.16. The monoisotopic (exact) mass is 305 g/mol. The highest BCUT2D eigenvalue weighted by Crippen LogP contribution is 2.26. The minimum Gasteiger partial charge on any atom is -0.480 e. The summed E-state index contributed by atoms with van der Waals surface area (Å²) in [7, 11) is 0. The number of hydrogen-bond donors (Lipinski definition) is 1. The van der Waals surface area contributed by atoms with Gasteiger partial charge in [-0.3, -0.25) is 4.79 Å². The quantitative estimate of drug-likeness (QED) is 0.767. The fourth-order valence-electron chi connectivity index (χ4n) is 2.42. The van der Waals surface area contributed by atoms with Gasteiger partial charge in [-0.25, -0.2) is 0 Å². The molecule has 23 heavy (non-hydrogen) atoms. The number of nitrogens with one attached hydrogen (secondary N) is 1. The largest absolute Gasteiger partial charge is 0.480 e. The summed E-state index contributed by atoms with van der Waals surface area (Å²) in [5, 5.41) is 4.97. The van der Waals surface area contributed by atoms with Gasteiger partial charge >= 0.3 is 0 Å². The maximum absolute atomic E-state index is 12.3. The fraction of sp³-hybridized carbons (Fsp3) is 0.150. The van der Waals surface area contributed by atoms with Crippen LogP contribution in [-0.4, -0.2) is 12.0 Å². The summed E-state index contributed by atoms with van der Waals surface area (Å²) in [4.78, 5) is 12.3. The molecule has 0 saturated carbocycles. The Morgan fingerprint density at radius 2 is 1.65 bits per heavy atom. The number of amides is 1. The number of fused-ring (bicyclic) bond motifs is 1. The first-order valence-electron chi connectivity index (χ1n) is 7.65. The molecule has 1 N–H and O–H groups in total. The van der Waals surface area contributed by atoms with Crippen LogP contribution in [0, 0.1) is 6.92 Å². The third-order valence-electron chi connectivity index (χ3n) is 3.74. The van der Waals surface area contributed by atoms with Crippen molar-refractivity contribution in [2.45, 2.75) is 20.0 Å². The van der Waals surface area contributed by atoms with Crippen LogP contribution < -0.4 is 10.1 Å². The summed E-state index contributed by atoms with van der Waals surface area (Å²) in [6.07, 6.45) is -0.581. The van der Waals surface area contributed by atoms with Crippen LogP contribution in [0.15, 0.2) is 66.7 Å². The first-order valence-corrected chi connectivity index (χ1v) is 7.65. The zero-order chi connectivity index (χ0) is 16.2. The number of benzene rings is 3. The molecule has 3 heteroatoms. The van der Waals surface area contributed by atoms with E-state index in [1.54, 1.807) is 6.92 Å². The molecule has 3 rings (SSSR count). The van der Waals surface area contributed by atoms with Gasteiger partial charge in [0, 0.05) is 11.1 Å². The lowest BCUT2D eigenvalue weighted by molar-refractivity contribution is -0.122. The molecule has 1 amide bonds. The second kappa shape index (κ2) is 6.53. The summed E-state index contributed by atoms with van der Waals surface area (Å²) in [6, 6.07) is 21.5. The third kappa shape index (κ3) is 3.51. The number of ether oxygens (including phenoxy) is 1. The van der Waals surface area contributed by atoms with E-state index in [1.807, 2.05) is 73.7 Å². The average Bonchev–Trinajstić information content (AvgIpc) is 2.57. The lowest BCUT2D eigenvalue weighted by atomic mass is 10.1. The van der Waals surface area contributed by atoms with Crippen LogP contribution >= 0.6 is 0 Å². The molecule has 1 unspecified atom stereocenters. The molecule has 0 aliphatic carbocycles. The van der Waals surface area contributed by atoms with E-state index in [1.165, 1.54) is 0 Å². The van der Waals surface area contributed by atoms with Crippen molar-refractivity contribution in [3.05, 3.63) is 72.3 Å². The average molecular weight is 305 g/mol. The van der Waals surface area contributed by atoms with Crippen molar-refractivity contribution in [3.8, 4) is 5.75 Å². The molecule has 0 aromatic heterocycles. The molecular weight excluding hydrogens is 286 g/mol. The van der Waals surface area contributed by atoms with Crippen LogP contribution in [0.25, 0.3) is 10.8 Å². The highest BCUT2D eigenvalue weighted by molar-refractivity contribution is 5.95. The summed E-state index contributed by atoms with van der Waals surface area (Å²) in [5.74, 6) is 0.552. The van der Waals surface area contributed by atoms with Crippen molar-refractivity contribution >= 4 is 22.4 Å². The van der Waals surface area contributed by atoms with Crippen LogP contribution in [-0.2, 0) is 4.79 Å². The molecule has 0 radical (unpaired) electrons. The number of hydrogen-bond acceptors (Lipinski definition) is 2. The molecule has 0 aliphatic heterocycles. The normalized spacial score (nSPS) is 11.9. The van der Waals surface area contributed by atoms with Crippen LogP contribution in [0.1, 0.15) is 12.5 Å². The number of rotatable bonds is 4. The molecule has 116 valence electrons. The molecule has 0 aliphatic rings. The molecule has 3 nitrogen and oxygen atoms in total. The number of carbonyl (C=O) groups is 1. The maximum atomic E-state index is 12.3. The van der Waals surface area contributed by atoms with E-state index in [-0.39, 0.29) is 5.91 Å². The SMILES string of the molecule is Cc1ccc(NC(=O)C(C)Oc2cccc3ccccc23)cc1. The van der Waals surface area contributed by atoms with Gasteiger partial charge in [0.2, 0.25) is 0 Å². The number of anilines is 1. The van der Waals surface area contributed by atoms with E-state index >= 15 is 0 Å². The summed E-state index contributed by atoms with van der Waals surface area (Å²) in [5.41, 5.74) is 1.93. The van der Waals surface area contributed by atoms with Crippen molar-refractivity contribution in [2.75, 3.05) is 5.32 Å². The Morgan fingerprint density at radius 1 is 0.957 bits per heavy atom. The molecule has 0 bridgehead atoms. The van der Waals surface area contributed by atoms with Crippen LogP contribution in [0.3, 0.4) is 0 Å². The van der Waals surface area contributed by atoms with E-state index in [9.17, 15) is 4.79 Å². The maximum Gasteiger partial charge on any atom is 0.265 e. The van der Waals surface area contributed by atoms with Gasteiger partial charge in [-0.1, -0.05) is 54.1 Å².